The molecule has 2 amide bonds. The van der Waals surface area contributed by atoms with Crippen molar-refractivity contribution < 1.29 is 9.59 Å². The molecular weight excluding hydrogens is 350 g/mol. The van der Waals surface area contributed by atoms with E-state index >= 15 is 0 Å². The van der Waals surface area contributed by atoms with E-state index in [2.05, 4.69) is 17.1 Å². The maximum Gasteiger partial charge on any atom is 0.227 e. The number of piperazine rings is 1. The molecule has 0 atom stereocenters. The van der Waals surface area contributed by atoms with Crippen LogP contribution >= 0.6 is 11.6 Å². The molecule has 3 rings (SSSR count). The second kappa shape index (κ2) is 8.87. The Balaban J connectivity index is 1.45. The van der Waals surface area contributed by atoms with Gasteiger partial charge in [0.1, 0.15) is 0 Å². The quantitative estimate of drug-likeness (QED) is 0.876. The first kappa shape index (κ1) is 19.2. The molecule has 0 unspecified atom stereocenters. The van der Waals surface area contributed by atoms with Gasteiger partial charge in [-0.3, -0.25) is 9.59 Å². The lowest BCUT2D eigenvalue weighted by atomic mass is 9.80. The van der Waals surface area contributed by atoms with Crippen LogP contribution in [0, 0.1) is 11.8 Å². The van der Waals surface area contributed by atoms with Crippen molar-refractivity contribution in [2.75, 3.05) is 38.0 Å². The Kier molecular flexibility index (Phi) is 6.54. The predicted octanol–water partition coefficient (Wildman–Crippen LogP) is 3.25. The van der Waals surface area contributed by atoms with Crippen LogP contribution in [-0.4, -0.2) is 54.3 Å². The van der Waals surface area contributed by atoms with Gasteiger partial charge in [0.15, 0.2) is 0 Å². The maximum atomic E-state index is 12.7. The number of anilines is 1. The third kappa shape index (κ3) is 4.77. The molecule has 5 nitrogen and oxygen atoms in total. The van der Waals surface area contributed by atoms with Crippen LogP contribution in [0.2, 0.25) is 5.02 Å². The number of benzene rings is 1. The monoisotopic (exact) mass is 377 g/mol. The zero-order valence-corrected chi connectivity index (χ0v) is 16.2. The summed E-state index contributed by atoms with van der Waals surface area (Å²) < 4.78 is 0. The molecular formula is C20H28ClN3O2. The van der Waals surface area contributed by atoms with E-state index in [1.165, 1.54) is 0 Å². The summed E-state index contributed by atoms with van der Waals surface area (Å²) in [5, 5.41) is 3.61. The fourth-order valence-corrected chi connectivity index (χ4v) is 4.05. The number of nitrogens with zero attached hydrogens (tertiary/aromatic N) is 2. The molecule has 0 spiro atoms. The summed E-state index contributed by atoms with van der Waals surface area (Å²) in [5.41, 5.74) is 0.770. The van der Waals surface area contributed by atoms with Crippen LogP contribution in [0.5, 0.6) is 0 Å². The Hall–Kier alpha value is -1.59. The Morgan fingerprint density at radius 1 is 1.00 bits per heavy atom. The summed E-state index contributed by atoms with van der Waals surface area (Å²) in [6, 6.07) is 7.16. The van der Waals surface area contributed by atoms with Crippen molar-refractivity contribution in [2.45, 2.75) is 32.6 Å². The number of carbonyl (C=O) groups is 2. The first-order valence-electron chi connectivity index (χ1n) is 9.64. The molecule has 1 aromatic carbocycles. The number of carbonyl (C=O) groups excluding carboxylic acids is 2. The summed E-state index contributed by atoms with van der Waals surface area (Å²) in [7, 11) is 0. The molecule has 1 N–H and O–H groups in total. The van der Waals surface area contributed by atoms with Gasteiger partial charge >= 0.3 is 0 Å². The number of hydrogen-bond acceptors (Lipinski definition) is 3. The van der Waals surface area contributed by atoms with Crippen LogP contribution in [0.4, 0.5) is 5.69 Å². The molecule has 0 aromatic heterocycles. The molecule has 6 heteroatoms. The molecule has 1 heterocycles. The zero-order chi connectivity index (χ0) is 18.5. The number of likely N-dealkylation sites (N-methyl/N-ethyl adjacent to an activating group) is 1. The van der Waals surface area contributed by atoms with E-state index in [0.717, 1.165) is 64.1 Å². The Bertz CT molecular complexity index is 618. The SMILES string of the molecule is CCN1CCN(C(=O)C2CCC(C(=O)Nc3ccc(Cl)cc3)CC2)CC1. The van der Waals surface area contributed by atoms with Gasteiger partial charge in [0, 0.05) is 48.7 Å². The van der Waals surface area contributed by atoms with Crippen LogP contribution in [0.25, 0.3) is 0 Å². The summed E-state index contributed by atoms with van der Waals surface area (Å²) >= 11 is 5.87. The minimum Gasteiger partial charge on any atom is -0.340 e. The van der Waals surface area contributed by atoms with Gasteiger partial charge in [0.25, 0.3) is 0 Å². The van der Waals surface area contributed by atoms with Gasteiger partial charge in [-0.2, -0.15) is 0 Å². The average molecular weight is 378 g/mol. The molecule has 1 aliphatic carbocycles. The van der Waals surface area contributed by atoms with Gasteiger partial charge in [0.05, 0.1) is 0 Å². The summed E-state index contributed by atoms with van der Waals surface area (Å²) in [6.45, 7) is 6.83. The number of hydrogen-bond donors (Lipinski definition) is 1. The fraction of sp³-hybridized carbons (Fsp3) is 0.600. The van der Waals surface area contributed by atoms with Crippen molar-refractivity contribution in [3.63, 3.8) is 0 Å². The maximum absolute atomic E-state index is 12.7. The summed E-state index contributed by atoms with van der Waals surface area (Å²) in [5.74, 6) is 0.418. The van der Waals surface area contributed by atoms with E-state index in [-0.39, 0.29) is 23.7 Å². The largest absolute Gasteiger partial charge is 0.340 e. The Labute approximate surface area is 160 Å². The van der Waals surface area contributed by atoms with Gasteiger partial charge < -0.3 is 15.1 Å². The van der Waals surface area contributed by atoms with E-state index in [4.69, 9.17) is 11.6 Å². The first-order chi connectivity index (χ1) is 12.6. The van der Waals surface area contributed by atoms with Gasteiger partial charge in [-0.15, -0.1) is 0 Å². The zero-order valence-electron chi connectivity index (χ0n) is 15.4. The van der Waals surface area contributed by atoms with E-state index in [9.17, 15) is 9.59 Å². The third-order valence-electron chi connectivity index (χ3n) is 5.69. The molecule has 2 aliphatic rings. The van der Waals surface area contributed by atoms with E-state index in [1.807, 2.05) is 17.0 Å². The molecule has 0 bridgehead atoms. The Morgan fingerprint density at radius 3 is 2.15 bits per heavy atom. The molecule has 2 fully saturated rings. The van der Waals surface area contributed by atoms with Crippen molar-refractivity contribution in [1.29, 1.82) is 0 Å². The molecule has 142 valence electrons. The molecule has 0 radical (unpaired) electrons. The van der Waals surface area contributed by atoms with Gasteiger partial charge in [-0.25, -0.2) is 0 Å². The van der Waals surface area contributed by atoms with Gasteiger partial charge in [0.2, 0.25) is 11.8 Å². The molecule has 1 aromatic rings. The number of rotatable bonds is 4. The third-order valence-corrected chi connectivity index (χ3v) is 5.94. The van der Waals surface area contributed by atoms with Gasteiger partial charge in [-0.05, 0) is 56.5 Å². The van der Waals surface area contributed by atoms with Crippen LogP contribution in [0.15, 0.2) is 24.3 Å². The summed E-state index contributed by atoms with van der Waals surface area (Å²) in [6.07, 6.45) is 3.19. The first-order valence-corrected chi connectivity index (χ1v) is 10.0. The van der Waals surface area contributed by atoms with E-state index in [0.29, 0.717) is 5.02 Å². The standard InChI is InChI=1S/C20H28ClN3O2/c1-2-23-11-13-24(14-12-23)20(26)16-5-3-15(4-6-16)19(25)22-18-9-7-17(21)8-10-18/h7-10,15-16H,2-6,11-14H2,1H3,(H,22,25). The molecule has 26 heavy (non-hydrogen) atoms. The highest BCUT2D eigenvalue weighted by atomic mass is 35.5. The lowest BCUT2D eigenvalue weighted by Gasteiger charge is -2.37. The van der Waals surface area contributed by atoms with Crippen molar-refractivity contribution in [3.05, 3.63) is 29.3 Å². The predicted molar refractivity (Wildman–Crippen MR) is 104 cm³/mol. The minimum absolute atomic E-state index is 0.00772. The van der Waals surface area contributed by atoms with Crippen LogP contribution in [0.1, 0.15) is 32.6 Å². The lowest BCUT2D eigenvalue weighted by molar-refractivity contribution is -0.139. The smallest absolute Gasteiger partial charge is 0.227 e. The topological polar surface area (TPSA) is 52.7 Å². The van der Waals surface area contributed by atoms with Crippen molar-refractivity contribution in [1.82, 2.24) is 9.80 Å². The average Bonchev–Trinajstić information content (AvgIpc) is 2.69. The summed E-state index contributed by atoms with van der Waals surface area (Å²) in [4.78, 5) is 29.6. The van der Waals surface area contributed by atoms with Crippen LogP contribution in [-0.2, 0) is 9.59 Å². The van der Waals surface area contributed by atoms with Crippen molar-refractivity contribution >= 4 is 29.1 Å². The van der Waals surface area contributed by atoms with Crippen molar-refractivity contribution in [2.24, 2.45) is 11.8 Å². The van der Waals surface area contributed by atoms with E-state index < -0.39 is 0 Å². The molecule has 1 aliphatic heterocycles. The number of halogens is 1. The second-order valence-corrected chi connectivity index (χ2v) is 7.74. The fourth-order valence-electron chi connectivity index (χ4n) is 3.92. The normalized spacial score (nSPS) is 24.3. The highest BCUT2D eigenvalue weighted by molar-refractivity contribution is 6.30. The van der Waals surface area contributed by atoms with Crippen LogP contribution < -0.4 is 5.32 Å². The molecule has 1 saturated heterocycles. The van der Waals surface area contributed by atoms with E-state index in [1.54, 1.807) is 12.1 Å². The molecule has 1 saturated carbocycles. The van der Waals surface area contributed by atoms with Crippen molar-refractivity contribution in [3.8, 4) is 0 Å². The number of amides is 2. The van der Waals surface area contributed by atoms with Crippen LogP contribution in [0.3, 0.4) is 0 Å². The Morgan fingerprint density at radius 2 is 1.58 bits per heavy atom. The second-order valence-electron chi connectivity index (χ2n) is 7.30. The highest BCUT2D eigenvalue weighted by Gasteiger charge is 2.33. The highest BCUT2D eigenvalue weighted by Crippen LogP contribution is 2.31. The van der Waals surface area contributed by atoms with Gasteiger partial charge in [-0.1, -0.05) is 18.5 Å². The number of nitrogens with one attached hydrogen (secondary N) is 1. The lowest BCUT2D eigenvalue weighted by Crippen LogP contribution is -2.50. The minimum atomic E-state index is -0.00772.